The molecule has 0 radical (unpaired) electrons. The number of ether oxygens (including phenoxy) is 1. The zero-order valence-corrected chi connectivity index (χ0v) is 10.9. The molecule has 0 aliphatic carbocycles. The second-order valence-electron chi connectivity index (χ2n) is 3.59. The van der Waals surface area contributed by atoms with E-state index in [2.05, 4.69) is 11.9 Å². The van der Waals surface area contributed by atoms with Crippen LogP contribution in [0.2, 0.25) is 0 Å². The van der Waals surface area contributed by atoms with Crippen LogP contribution >= 0.6 is 0 Å². The monoisotopic (exact) mass is 249 g/mol. The normalized spacial score (nSPS) is 11.6. The molecule has 0 amide bonds. The smallest absolute Gasteiger partial charge is 0.151 e. The van der Waals surface area contributed by atoms with Gasteiger partial charge in [-0.3, -0.25) is 0 Å². The Morgan fingerprint density at radius 1 is 1.25 bits per heavy atom. The maximum atomic E-state index is 11.3. The fraction of sp³-hybridized carbons (Fsp3) is 0.818. The molecule has 0 saturated heterocycles. The Morgan fingerprint density at radius 2 is 2.00 bits per heavy atom. The lowest BCUT2D eigenvalue weighted by Crippen LogP contribution is -2.27. The number of hydrogen-bond donors (Lipinski definition) is 1. The Hall–Kier alpha value is -0.390. The predicted octanol–water partition coefficient (Wildman–Crippen LogP) is 0.994. The molecule has 0 unspecified atom stereocenters. The first-order chi connectivity index (χ1) is 7.62. The minimum absolute atomic E-state index is 0.216. The highest BCUT2D eigenvalue weighted by atomic mass is 32.2. The van der Waals surface area contributed by atoms with Crippen molar-refractivity contribution in [1.82, 2.24) is 5.32 Å². The molecule has 0 aliphatic rings. The molecule has 0 saturated carbocycles. The van der Waals surface area contributed by atoms with Gasteiger partial charge in [0.05, 0.1) is 19.0 Å². The quantitative estimate of drug-likeness (QED) is 0.438. The van der Waals surface area contributed by atoms with E-state index in [1.807, 2.05) is 13.0 Å². The molecule has 0 bridgehead atoms. The molecule has 96 valence electrons. The van der Waals surface area contributed by atoms with Crippen LogP contribution in [0.5, 0.6) is 0 Å². The molecule has 4 nitrogen and oxygen atoms in total. The van der Waals surface area contributed by atoms with E-state index in [0.29, 0.717) is 32.7 Å². The molecule has 0 aliphatic heterocycles. The summed E-state index contributed by atoms with van der Waals surface area (Å²) in [4.78, 5) is 0. The van der Waals surface area contributed by atoms with Gasteiger partial charge >= 0.3 is 0 Å². The lowest BCUT2D eigenvalue weighted by atomic mass is 10.4. The number of sulfone groups is 1. The molecule has 0 rings (SSSR count). The Labute approximate surface area is 99.0 Å². The van der Waals surface area contributed by atoms with E-state index in [4.69, 9.17) is 4.74 Å². The van der Waals surface area contributed by atoms with Crippen LogP contribution in [0.25, 0.3) is 0 Å². The second-order valence-corrected chi connectivity index (χ2v) is 5.90. The molecule has 0 atom stereocenters. The number of nitrogens with one attached hydrogen (secondary N) is 1. The first-order valence-corrected chi connectivity index (χ1v) is 7.54. The Bertz CT molecular complexity index is 262. The fourth-order valence-corrected chi connectivity index (χ4v) is 2.46. The largest absolute Gasteiger partial charge is 0.380 e. The van der Waals surface area contributed by atoms with Gasteiger partial charge in [-0.25, -0.2) is 8.42 Å². The Balaban J connectivity index is 3.30. The van der Waals surface area contributed by atoms with Gasteiger partial charge in [-0.1, -0.05) is 13.0 Å². The minimum atomic E-state index is -2.85. The Kier molecular flexibility index (Phi) is 9.57. The lowest BCUT2D eigenvalue weighted by Gasteiger charge is -2.05. The average molecular weight is 249 g/mol. The van der Waals surface area contributed by atoms with Gasteiger partial charge in [-0.15, -0.1) is 6.58 Å². The van der Waals surface area contributed by atoms with Gasteiger partial charge in [-0.05, 0) is 12.8 Å². The van der Waals surface area contributed by atoms with Crippen LogP contribution in [0.3, 0.4) is 0 Å². The van der Waals surface area contributed by atoms with E-state index in [1.165, 1.54) is 0 Å². The van der Waals surface area contributed by atoms with Crippen molar-refractivity contribution in [2.24, 2.45) is 0 Å². The van der Waals surface area contributed by atoms with Crippen LogP contribution in [0.1, 0.15) is 19.8 Å². The highest BCUT2D eigenvalue weighted by molar-refractivity contribution is 7.91. The van der Waals surface area contributed by atoms with Crippen molar-refractivity contribution in [3.63, 3.8) is 0 Å². The van der Waals surface area contributed by atoms with Crippen LogP contribution in [-0.2, 0) is 14.6 Å². The summed E-state index contributed by atoms with van der Waals surface area (Å²) in [6, 6.07) is 0. The molecule has 0 aromatic rings. The molecule has 0 aromatic heterocycles. The molecule has 0 heterocycles. The summed E-state index contributed by atoms with van der Waals surface area (Å²) in [5.41, 5.74) is 0. The van der Waals surface area contributed by atoms with E-state index < -0.39 is 9.84 Å². The van der Waals surface area contributed by atoms with E-state index in [1.54, 1.807) is 0 Å². The van der Waals surface area contributed by atoms with Crippen molar-refractivity contribution in [2.75, 3.05) is 37.8 Å². The van der Waals surface area contributed by atoms with E-state index in [-0.39, 0.29) is 11.5 Å². The highest BCUT2D eigenvalue weighted by Crippen LogP contribution is 1.91. The first-order valence-electron chi connectivity index (χ1n) is 5.72. The van der Waals surface area contributed by atoms with Crippen molar-refractivity contribution >= 4 is 9.84 Å². The predicted molar refractivity (Wildman–Crippen MR) is 67.4 cm³/mol. The third-order valence-corrected chi connectivity index (χ3v) is 3.85. The van der Waals surface area contributed by atoms with Crippen LogP contribution in [0, 0.1) is 0 Å². The standard InChI is InChI=1S/C11H23NO3S/c1-3-5-8-15-9-6-12-7-11-16(13,14)10-4-2/h3,12H,1,4-11H2,2H3. The van der Waals surface area contributed by atoms with Gasteiger partial charge in [0.1, 0.15) is 0 Å². The van der Waals surface area contributed by atoms with Gasteiger partial charge in [0.15, 0.2) is 9.84 Å². The minimum Gasteiger partial charge on any atom is -0.380 e. The molecule has 5 heteroatoms. The van der Waals surface area contributed by atoms with Gasteiger partial charge in [0.25, 0.3) is 0 Å². The summed E-state index contributed by atoms with van der Waals surface area (Å²) in [6.45, 7) is 7.96. The second kappa shape index (κ2) is 9.81. The summed E-state index contributed by atoms with van der Waals surface area (Å²) in [6.07, 6.45) is 3.35. The SMILES string of the molecule is C=CCCOCCNCCS(=O)(=O)CCC. The summed E-state index contributed by atoms with van der Waals surface area (Å²) >= 11 is 0. The van der Waals surface area contributed by atoms with E-state index >= 15 is 0 Å². The van der Waals surface area contributed by atoms with Gasteiger partial charge < -0.3 is 10.1 Å². The van der Waals surface area contributed by atoms with Crippen molar-refractivity contribution in [2.45, 2.75) is 19.8 Å². The molecular weight excluding hydrogens is 226 g/mol. The fourth-order valence-electron chi connectivity index (χ4n) is 1.18. The maximum absolute atomic E-state index is 11.3. The molecular formula is C11H23NO3S. The summed E-state index contributed by atoms with van der Waals surface area (Å²) in [7, 11) is -2.85. The number of hydrogen-bond acceptors (Lipinski definition) is 4. The van der Waals surface area contributed by atoms with Crippen LogP contribution in [0.15, 0.2) is 12.7 Å². The summed E-state index contributed by atoms with van der Waals surface area (Å²) in [5.74, 6) is 0.498. The molecule has 0 spiro atoms. The summed E-state index contributed by atoms with van der Waals surface area (Å²) in [5, 5.41) is 3.05. The van der Waals surface area contributed by atoms with Crippen molar-refractivity contribution in [3.05, 3.63) is 12.7 Å². The van der Waals surface area contributed by atoms with E-state index in [9.17, 15) is 8.42 Å². The number of rotatable bonds is 11. The van der Waals surface area contributed by atoms with Gasteiger partial charge in [0.2, 0.25) is 0 Å². The molecule has 0 fully saturated rings. The lowest BCUT2D eigenvalue weighted by molar-refractivity contribution is 0.141. The van der Waals surface area contributed by atoms with Crippen molar-refractivity contribution in [3.8, 4) is 0 Å². The topological polar surface area (TPSA) is 55.4 Å². The third kappa shape index (κ3) is 10.1. The van der Waals surface area contributed by atoms with Gasteiger partial charge in [0, 0.05) is 18.8 Å². The first kappa shape index (κ1) is 15.6. The zero-order chi connectivity index (χ0) is 12.3. The van der Waals surface area contributed by atoms with Crippen molar-refractivity contribution in [1.29, 1.82) is 0 Å². The van der Waals surface area contributed by atoms with Crippen LogP contribution in [0.4, 0.5) is 0 Å². The Morgan fingerprint density at radius 3 is 2.62 bits per heavy atom. The van der Waals surface area contributed by atoms with Gasteiger partial charge in [-0.2, -0.15) is 0 Å². The third-order valence-electron chi connectivity index (χ3n) is 1.99. The maximum Gasteiger partial charge on any atom is 0.151 e. The average Bonchev–Trinajstić information content (AvgIpc) is 2.22. The van der Waals surface area contributed by atoms with E-state index in [0.717, 1.165) is 6.42 Å². The zero-order valence-electron chi connectivity index (χ0n) is 10.1. The summed E-state index contributed by atoms with van der Waals surface area (Å²) < 4.78 is 27.9. The van der Waals surface area contributed by atoms with Crippen LogP contribution < -0.4 is 5.32 Å². The molecule has 1 N–H and O–H groups in total. The molecule has 0 aromatic carbocycles. The van der Waals surface area contributed by atoms with Crippen LogP contribution in [-0.4, -0.2) is 46.2 Å². The van der Waals surface area contributed by atoms with Crippen molar-refractivity contribution < 1.29 is 13.2 Å². The molecule has 16 heavy (non-hydrogen) atoms. The highest BCUT2D eigenvalue weighted by Gasteiger charge is 2.07.